The van der Waals surface area contributed by atoms with Gasteiger partial charge < -0.3 is 15.0 Å². The van der Waals surface area contributed by atoms with Crippen LogP contribution < -0.4 is 5.32 Å². The Hall–Kier alpha value is -2.45. The molecule has 2 fully saturated rings. The molecular weight excluding hydrogens is 408 g/mol. The van der Waals surface area contributed by atoms with Gasteiger partial charge in [0.1, 0.15) is 11.3 Å². The number of carbonyl (C=O) groups is 2. The van der Waals surface area contributed by atoms with Gasteiger partial charge in [-0.25, -0.2) is 9.59 Å². The Morgan fingerprint density at radius 3 is 2.76 bits per heavy atom. The summed E-state index contributed by atoms with van der Waals surface area (Å²) >= 11 is 0. The van der Waals surface area contributed by atoms with Crippen LogP contribution in [-0.2, 0) is 32.5 Å². The first-order chi connectivity index (χ1) is 13.4. The van der Waals surface area contributed by atoms with Gasteiger partial charge in [-0.05, 0) is 33.6 Å². The Labute approximate surface area is 167 Å². The van der Waals surface area contributed by atoms with Crippen LogP contribution in [0.5, 0.6) is 0 Å². The fourth-order valence-corrected chi connectivity index (χ4v) is 3.69. The number of alkyl carbamates (subject to hydrolysis) is 1. The summed E-state index contributed by atoms with van der Waals surface area (Å²) in [6, 6.07) is -1.30. The highest BCUT2D eigenvalue weighted by atomic mass is 32.3. The minimum Gasteiger partial charge on any atom is -0.444 e. The van der Waals surface area contributed by atoms with Crippen molar-refractivity contribution in [2.45, 2.75) is 64.4 Å². The van der Waals surface area contributed by atoms with E-state index in [0.29, 0.717) is 36.7 Å². The van der Waals surface area contributed by atoms with Gasteiger partial charge in [0, 0.05) is 6.54 Å². The molecule has 3 heterocycles. The lowest BCUT2D eigenvalue weighted by molar-refractivity contribution is -0.0317. The summed E-state index contributed by atoms with van der Waals surface area (Å²) in [5.41, 5.74) is -0.0796. The van der Waals surface area contributed by atoms with Gasteiger partial charge in [0.05, 0.1) is 31.4 Å². The van der Waals surface area contributed by atoms with Gasteiger partial charge in [-0.1, -0.05) is 5.21 Å². The zero-order valence-corrected chi connectivity index (χ0v) is 17.1. The highest BCUT2D eigenvalue weighted by molar-refractivity contribution is 7.80. The number of fused-ring (bicyclic) bond motifs is 2. The summed E-state index contributed by atoms with van der Waals surface area (Å²) < 4.78 is 41.8. The van der Waals surface area contributed by atoms with E-state index in [4.69, 9.17) is 9.29 Å². The molecule has 0 spiro atoms. The lowest BCUT2D eigenvalue weighted by Crippen LogP contribution is -2.42. The van der Waals surface area contributed by atoms with Crippen molar-refractivity contribution < 1.29 is 31.6 Å². The summed E-state index contributed by atoms with van der Waals surface area (Å²) in [6.07, 6.45) is 2.21. The van der Waals surface area contributed by atoms with Crippen molar-refractivity contribution in [1.29, 1.82) is 0 Å². The first kappa shape index (κ1) is 21.3. The quantitative estimate of drug-likeness (QED) is 0.604. The number of nitrogens with zero attached hydrogens (tertiary/aromatic N) is 5. The first-order valence-corrected chi connectivity index (χ1v) is 10.4. The SMILES string of the molecule is CC(C)(C)OC(=O)NCc1cn(C[C@@H]2CC[C@@H]3CN2C(=O)N3OS(=O)(=O)O)nn1. The predicted octanol–water partition coefficient (Wildman–Crippen LogP) is 0.306. The molecule has 0 aromatic carbocycles. The van der Waals surface area contributed by atoms with Crippen molar-refractivity contribution in [2.75, 3.05) is 6.54 Å². The van der Waals surface area contributed by atoms with Crippen molar-refractivity contribution in [3.8, 4) is 0 Å². The second-order valence-corrected chi connectivity index (χ2v) is 8.94. The number of hydrogen-bond donors (Lipinski definition) is 2. The number of urea groups is 1. The maximum atomic E-state index is 12.4. The molecule has 2 atom stereocenters. The third kappa shape index (κ3) is 5.55. The lowest BCUT2D eigenvalue weighted by Gasteiger charge is -2.30. The summed E-state index contributed by atoms with van der Waals surface area (Å²) in [5, 5.41) is 11.3. The van der Waals surface area contributed by atoms with Gasteiger partial charge in [0.15, 0.2) is 0 Å². The number of hydrogen-bond acceptors (Lipinski definition) is 8. The Bertz CT molecular complexity index is 880. The van der Waals surface area contributed by atoms with Crippen molar-refractivity contribution in [3.05, 3.63) is 11.9 Å². The molecule has 3 amide bonds. The number of carbonyl (C=O) groups excluding carboxylic acids is 2. The minimum atomic E-state index is -4.77. The average Bonchev–Trinajstić information content (AvgIpc) is 3.11. The highest BCUT2D eigenvalue weighted by Gasteiger charge is 2.47. The fraction of sp³-hybridized carbons (Fsp3) is 0.733. The van der Waals surface area contributed by atoms with Crippen molar-refractivity contribution in [2.24, 2.45) is 0 Å². The molecule has 13 nitrogen and oxygen atoms in total. The van der Waals surface area contributed by atoms with E-state index < -0.39 is 34.2 Å². The molecule has 1 aromatic heterocycles. The number of aromatic nitrogens is 3. The van der Waals surface area contributed by atoms with E-state index in [9.17, 15) is 18.0 Å². The monoisotopic (exact) mass is 432 g/mol. The Balaban J connectivity index is 1.55. The minimum absolute atomic E-state index is 0.139. The van der Waals surface area contributed by atoms with Gasteiger partial charge in [0.2, 0.25) is 0 Å². The molecule has 3 rings (SSSR count). The van der Waals surface area contributed by atoms with Gasteiger partial charge in [-0.2, -0.15) is 13.5 Å². The van der Waals surface area contributed by atoms with Crippen LogP contribution >= 0.6 is 0 Å². The smallest absolute Gasteiger partial charge is 0.418 e. The molecule has 162 valence electrons. The second kappa shape index (κ2) is 7.76. The second-order valence-electron chi connectivity index (χ2n) is 7.94. The van der Waals surface area contributed by atoms with Gasteiger partial charge in [-0.15, -0.1) is 9.38 Å². The molecule has 2 aliphatic rings. The summed E-state index contributed by atoms with van der Waals surface area (Å²) in [7, 11) is -4.77. The van der Waals surface area contributed by atoms with Crippen molar-refractivity contribution in [3.63, 3.8) is 0 Å². The van der Waals surface area contributed by atoms with Crippen molar-refractivity contribution >= 4 is 22.5 Å². The average molecular weight is 432 g/mol. The van der Waals surface area contributed by atoms with Crippen LogP contribution in [0, 0.1) is 0 Å². The van der Waals surface area contributed by atoms with Crippen LogP contribution in [-0.4, -0.2) is 74.3 Å². The fourth-order valence-electron chi connectivity index (χ4n) is 3.30. The molecule has 2 aliphatic heterocycles. The number of amides is 3. The molecule has 0 saturated carbocycles. The lowest BCUT2D eigenvalue weighted by atomic mass is 10.0. The van der Waals surface area contributed by atoms with Crippen LogP contribution in [0.25, 0.3) is 0 Å². The molecule has 1 aromatic rings. The Kier molecular flexibility index (Phi) is 5.69. The van der Waals surface area contributed by atoms with E-state index in [1.54, 1.807) is 31.6 Å². The maximum Gasteiger partial charge on any atom is 0.418 e. The number of piperidine rings is 1. The Morgan fingerprint density at radius 1 is 1.38 bits per heavy atom. The standard InChI is InChI=1S/C15H24N6O7S/c1-15(2,3)27-13(22)16-6-10-7-19(18-17-10)8-11-4-5-12-9-20(11)14(23)21(12)28-29(24,25)26/h7,11-12H,4-6,8-9H2,1-3H3,(H,16,22)(H,24,25,26)/t11-,12+/m0/s1. The van der Waals surface area contributed by atoms with Crippen LogP contribution in [0.15, 0.2) is 6.20 Å². The predicted molar refractivity (Wildman–Crippen MR) is 96.5 cm³/mol. The third-order valence-electron chi connectivity index (χ3n) is 4.42. The van der Waals surface area contributed by atoms with Gasteiger partial charge >= 0.3 is 22.5 Å². The van der Waals surface area contributed by atoms with E-state index in [1.165, 1.54) is 4.90 Å². The Morgan fingerprint density at radius 2 is 2.10 bits per heavy atom. The van der Waals surface area contributed by atoms with E-state index in [0.717, 1.165) is 0 Å². The zero-order valence-electron chi connectivity index (χ0n) is 16.3. The van der Waals surface area contributed by atoms with Crippen LogP contribution in [0.2, 0.25) is 0 Å². The zero-order chi connectivity index (χ0) is 21.4. The molecular formula is C15H24N6O7S. The maximum absolute atomic E-state index is 12.4. The number of hydroxylamine groups is 2. The van der Waals surface area contributed by atoms with E-state index in [1.807, 2.05) is 0 Å². The van der Waals surface area contributed by atoms with Crippen LogP contribution in [0.3, 0.4) is 0 Å². The number of nitrogens with one attached hydrogen (secondary N) is 1. The highest BCUT2D eigenvalue weighted by Crippen LogP contribution is 2.31. The first-order valence-electron chi connectivity index (χ1n) is 9.04. The third-order valence-corrected chi connectivity index (χ3v) is 4.77. The number of rotatable bonds is 6. The summed E-state index contributed by atoms with van der Waals surface area (Å²) in [6.45, 7) is 6.07. The molecule has 0 radical (unpaired) electrons. The molecule has 0 aliphatic carbocycles. The van der Waals surface area contributed by atoms with Gasteiger partial charge in [-0.3, -0.25) is 9.23 Å². The van der Waals surface area contributed by atoms with E-state index >= 15 is 0 Å². The largest absolute Gasteiger partial charge is 0.444 e. The normalized spacial score (nSPS) is 22.1. The molecule has 0 unspecified atom stereocenters. The van der Waals surface area contributed by atoms with Gasteiger partial charge in [0.25, 0.3) is 0 Å². The molecule has 29 heavy (non-hydrogen) atoms. The molecule has 2 bridgehead atoms. The van der Waals surface area contributed by atoms with Crippen LogP contribution in [0.1, 0.15) is 39.3 Å². The molecule has 14 heteroatoms. The summed E-state index contributed by atoms with van der Waals surface area (Å²) in [5.74, 6) is 0. The summed E-state index contributed by atoms with van der Waals surface area (Å²) in [4.78, 5) is 25.6. The topological polar surface area (TPSA) is 156 Å². The van der Waals surface area contributed by atoms with Crippen molar-refractivity contribution in [1.82, 2.24) is 30.3 Å². The molecule has 2 N–H and O–H groups in total. The van der Waals surface area contributed by atoms with E-state index in [-0.39, 0.29) is 12.6 Å². The molecule has 2 saturated heterocycles. The van der Waals surface area contributed by atoms with E-state index in [2.05, 4.69) is 19.9 Å². The van der Waals surface area contributed by atoms with Crippen LogP contribution in [0.4, 0.5) is 9.59 Å². The number of ether oxygens (including phenoxy) is 1.